The predicted octanol–water partition coefficient (Wildman–Crippen LogP) is 1.95. The zero-order valence-electron chi connectivity index (χ0n) is 10.5. The third-order valence-corrected chi connectivity index (χ3v) is 3.21. The van der Waals surface area contributed by atoms with Crippen molar-refractivity contribution in [3.63, 3.8) is 0 Å². The Hall–Kier alpha value is -2.14. The van der Waals surface area contributed by atoms with Crippen molar-refractivity contribution in [1.82, 2.24) is 9.78 Å². The lowest BCUT2D eigenvalue weighted by Crippen LogP contribution is -2.27. The number of benzene rings is 1. The Morgan fingerprint density at radius 2 is 2.16 bits per heavy atom. The van der Waals surface area contributed by atoms with E-state index in [0.717, 1.165) is 18.4 Å². The highest BCUT2D eigenvalue weighted by molar-refractivity contribution is 5.87. The van der Waals surface area contributed by atoms with Gasteiger partial charge in [0.15, 0.2) is 0 Å². The van der Waals surface area contributed by atoms with Gasteiger partial charge in [0.05, 0.1) is 5.69 Å². The summed E-state index contributed by atoms with van der Waals surface area (Å²) in [6, 6.07) is 11.3. The molecule has 0 spiro atoms. The third kappa shape index (κ3) is 2.24. The minimum atomic E-state index is -0.401. The number of nitrogen functional groups attached to an aromatic ring is 1. The molecule has 0 saturated carbocycles. The summed E-state index contributed by atoms with van der Waals surface area (Å²) in [5.41, 5.74) is 7.35. The maximum absolute atomic E-state index is 12.4. The molecule has 0 aliphatic carbocycles. The van der Waals surface area contributed by atoms with Crippen molar-refractivity contribution >= 4 is 11.7 Å². The van der Waals surface area contributed by atoms with Gasteiger partial charge in [-0.1, -0.05) is 30.3 Å². The summed E-state index contributed by atoms with van der Waals surface area (Å²) in [5.74, 6) is 0.193. The summed E-state index contributed by atoms with van der Waals surface area (Å²) in [6.45, 7) is 0.633. The number of carbonyl (C=O) groups excluding carboxylic acids is 1. The first-order chi connectivity index (χ1) is 9.25. The van der Waals surface area contributed by atoms with Gasteiger partial charge in [-0.05, 0) is 12.8 Å². The van der Waals surface area contributed by atoms with E-state index in [4.69, 9.17) is 10.5 Å². The first-order valence-electron chi connectivity index (χ1n) is 6.32. The van der Waals surface area contributed by atoms with E-state index < -0.39 is 6.10 Å². The summed E-state index contributed by atoms with van der Waals surface area (Å²) < 4.78 is 6.78. The van der Waals surface area contributed by atoms with E-state index in [0.29, 0.717) is 18.1 Å². The van der Waals surface area contributed by atoms with Crippen molar-refractivity contribution < 1.29 is 9.53 Å². The van der Waals surface area contributed by atoms with Gasteiger partial charge >= 0.3 is 0 Å². The van der Waals surface area contributed by atoms with Crippen LogP contribution in [0.1, 0.15) is 17.6 Å². The lowest BCUT2D eigenvalue weighted by atomic mass is 10.1. The zero-order chi connectivity index (χ0) is 13.2. The zero-order valence-corrected chi connectivity index (χ0v) is 10.5. The molecule has 19 heavy (non-hydrogen) atoms. The van der Waals surface area contributed by atoms with Crippen LogP contribution in [0.2, 0.25) is 0 Å². The number of aromatic nitrogens is 2. The molecular formula is C14H15N3O2. The molecule has 1 atom stereocenters. The number of nitrogens with zero attached hydrogens (tertiary/aromatic N) is 2. The molecule has 1 fully saturated rings. The molecule has 1 aromatic carbocycles. The van der Waals surface area contributed by atoms with E-state index in [9.17, 15) is 4.79 Å². The molecule has 2 N–H and O–H groups in total. The van der Waals surface area contributed by atoms with Gasteiger partial charge < -0.3 is 10.5 Å². The van der Waals surface area contributed by atoms with Crippen molar-refractivity contribution in [3.8, 4) is 11.3 Å². The fourth-order valence-corrected chi connectivity index (χ4v) is 2.29. The molecule has 1 aliphatic rings. The standard InChI is InChI=1S/C14H15N3O2/c15-13-9-11(10-5-2-1-3-6-10)17(16-13)14(18)12-7-4-8-19-12/h1-3,5-6,9,12H,4,7-8H2,(H2,15,16). The second-order valence-corrected chi connectivity index (χ2v) is 4.57. The maximum atomic E-state index is 12.4. The molecule has 1 saturated heterocycles. The Balaban J connectivity index is 2.00. The second kappa shape index (κ2) is 4.85. The number of anilines is 1. The number of hydrogen-bond donors (Lipinski definition) is 1. The van der Waals surface area contributed by atoms with Crippen molar-refractivity contribution in [2.24, 2.45) is 0 Å². The Morgan fingerprint density at radius 3 is 2.84 bits per heavy atom. The maximum Gasteiger partial charge on any atom is 0.276 e. The van der Waals surface area contributed by atoms with Crippen LogP contribution in [0.15, 0.2) is 36.4 Å². The van der Waals surface area contributed by atoms with E-state index >= 15 is 0 Å². The van der Waals surface area contributed by atoms with Gasteiger partial charge in [-0.25, -0.2) is 0 Å². The largest absolute Gasteiger partial charge is 0.382 e. The summed E-state index contributed by atoms with van der Waals surface area (Å²) in [5, 5.41) is 4.10. The highest BCUT2D eigenvalue weighted by Gasteiger charge is 2.27. The van der Waals surface area contributed by atoms with E-state index in [1.165, 1.54) is 4.68 Å². The molecule has 1 unspecified atom stereocenters. The molecule has 2 heterocycles. The van der Waals surface area contributed by atoms with E-state index in [-0.39, 0.29) is 5.91 Å². The van der Waals surface area contributed by atoms with Crippen LogP contribution in [-0.2, 0) is 4.74 Å². The van der Waals surface area contributed by atoms with Gasteiger partial charge in [-0.2, -0.15) is 4.68 Å². The molecule has 1 aliphatic heterocycles. The SMILES string of the molecule is Nc1cc(-c2ccccc2)n(C(=O)C2CCCO2)n1. The van der Waals surface area contributed by atoms with Crippen LogP contribution >= 0.6 is 0 Å². The lowest BCUT2D eigenvalue weighted by Gasteiger charge is -2.10. The van der Waals surface area contributed by atoms with Crippen LogP contribution in [0.3, 0.4) is 0 Å². The molecule has 5 heteroatoms. The molecule has 3 rings (SSSR count). The monoisotopic (exact) mass is 257 g/mol. The van der Waals surface area contributed by atoms with Crippen LogP contribution in [0.25, 0.3) is 11.3 Å². The molecule has 98 valence electrons. The van der Waals surface area contributed by atoms with Crippen LogP contribution in [0.4, 0.5) is 5.82 Å². The average Bonchev–Trinajstić information content (AvgIpc) is 3.08. The van der Waals surface area contributed by atoms with Gasteiger partial charge in [-0.3, -0.25) is 4.79 Å². The summed E-state index contributed by atoms with van der Waals surface area (Å²) in [4.78, 5) is 12.4. The van der Waals surface area contributed by atoms with Gasteiger partial charge in [0, 0.05) is 18.2 Å². The van der Waals surface area contributed by atoms with Crippen molar-refractivity contribution in [3.05, 3.63) is 36.4 Å². The number of rotatable bonds is 2. The Labute approximate surface area is 111 Å². The first kappa shape index (κ1) is 11.9. The van der Waals surface area contributed by atoms with Crippen LogP contribution < -0.4 is 5.73 Å². The van der Waals surface area contributed by atoms with Crippen LogP contribution in [0.5, 0.6) is 0 Å². The van der Waals surface area contributed by atoms with Crippen molar-refractivity contribution in [2.75, 3.05) is 12.3 Å². The Morgan fingerprint density at radius 1 is 1.37 bits per heavy atom. The Bertz CT molecular complexity index is 586. The number of carbonyl (C=O) groups is 1. The van der Waals surface area contributed by atoms with Crippen molar-refractivity contribution in [2.45, 2.75) is 18.9 Å². The third-order valence-electron chi connectivity index (χ3n) is 3.21. The van der Waals surface area contributed by atoms with Gasteiger partial charge in [0.1, 0.15) is 11.9 Å². The fourth-order valence-electron chi connectivity index (χ4n) is 2.29. The number of nitrogens with two attached hydrogens (primary N) is 1. The molecule has 0 radical (unpaired) electrons. The van der Waals surface area contributed by atoms with Gasteiger partial charge in [0.25, 0.3) is 5.91 Å². The highest BCUT2D eigenvalue weighted by Crippen LogP contribution is 2.23. The fraction of sp³-hybridized carbons (Fsp3) is 0.286. The minimum absolute atomic E-state index is 0.145. The quantitative estimate of drug-likeness (QED) is 0.892. The molecular weight excluding hydrogens is 242 g/mol. The van der Waals surface area contributed by atoms with Crippen LogP contribution in [0, 0.1) is 0 Å². The van der Waals surface area contributed by atoms with E-state index in [1.807, 2.05) is 30.3 Å². The summed E-state index contributed by atoms with van der Waals surface area (Å²) >= 11 is 0. The smallest absolute Gasteiger partial charge is 0.276 e. The molecule has 1 aromatic heterocycles. The molecule has 0 bridgehead atoms. The number of ether oxygens (including phenoxy) is 1. The van der Waals surface area contributed by atoms with Crippen molar-refractivity contribution in [1.29, 1.82) is 0 Å². The predicted molar refractivity (Wildman–Crippen MR) is 71.7 cm³/mol. The van der Waals surface area contributed by atoms with Gasteiger partial charge in [0.2, 0.25) is 0 Å². The number of hydrogen-bond acceptors (Lipinski definition) is 4. The second-order valence-electron chi connectivity index (χ2n) is 4.57. The minimum Gasteiger partial charge on any atom is -0.382 e. The topological polar surface area (TPSA) is 70.1 Å². The Kier molecular flexibility index (Phi) is 3.05. The van der Waals surface area contributed by atoms with Gasteiger partial charge in [-0.15, -0.1) is 5.10 Å². The van der Waals surface area contributed by atoms with E-state index in [2.05, 4.69) is 5.10 Å². The summed E-state index contributed by atoms with van der Waals surface area (Å²) in [6.07, 6.45) is 1.25. The summed E-state index contributed by atoms with van der Waals surface area (Å²) in [7, 11) is 0. The normalized spacial score (nSPS) is 18.6. The average molecular weight is 257 g/mol. The van der Waals surface area contributed by atoms with Crippen LogP contribution in [-0.4, -0.2) is 28.4 Å². The first-order valence-corrected chi connectivity index (χ1v) is 6.32. The molecule has 0 amide bonds. The molecule has 5 nitrogen and oxygen atoms in total. The lowest BCUT2D eigenvalue weighted by molar-refractivity contribution is 0.0541. The van der Waals surface area contributed by atoms with E-state index in [1.54, 1.807) is 6.07 Å². The highest BCUT2D eigenvalue weighted by atomic mass is 16.5. The molecule has 2 aromatic rings.